The molecule has 0 N–H and O–H groups in total. The molecule has 4 aliphatic carbocycles. The minimum absolute atomic E-state index is 0.566. The van der Waals surface area contributed by atoms with Crippen LogP contribution in [0.2, 0.25) is 0 Å². The standard InChI is InChI=1S/C26H46/c1-8-23(4)15-10-17-25(6)20(23)11-12-21-24(5)16-9-14-22(2,3)19(24)13-18-26(21,25)7/h19-21H,8-18H2,1-7H3/t19-,20+,21+,23+,24-,25+,26+/m0/s1. The van der Waals surface area contributed by atoms with Gasteiger partial charge in [-0.15, -0.1) is 0 Å². The molecule has 4 aliphatic rings. The van der Waals surface area contributed by atoms with Gasteiger partial charge in [0.05, 0.1) is 0 Å². The van der Waals surface area contributed by atoms with Crippen molar-refractivity contribution in [3.05, 3.63) is 0 Å². The fourth-order valence-electron chi connectivity index (χ4n) is 10.1. The van der Waals surface area contributed by atoms with Crippen molar-refractivity contribution in [1.82, 2.24) is 0 Å². The molecule has 0 unspecified atom stereocenters. The van der Waals surface area contributed by atoms with E-state index in [2.05, 4.69) is 48.5 Å². The van der Waals surface area contributed by atoms with Crippen molar-refractivity contribution in [2.45, 2.75) is 119 Å². The SMILES string of the molecule is CC[C@]1(C)CCC[C@]2(C)[C@@H]1CC[C@@H]1[C@@]3(C)CCCC(C)(C)[C@@H]3CC[C@]12C. The van der Waals surface area contributed by atoms with Gasteiger partial charge < -0.3 is 0 Å². The van der Waals surface area contributed by atoms with E-state index in [1.54, 1.807) is 0 Å². The van der Waals surface area contributed by atoms with Crippen molar-refractivity contribution in [2.24, 2.45) is 44.8 Å². The normalized spacial score (nSPS) is 56.2. The molecule has 0 aromatic heterocycles. The van der Waals surface area contributed by atoms with E-state index in [1.807, 2.05) is 0 Å². The van der Waals surface area contributed by atoms with Gasteiger partial charge in [-0.25, -0.2) is 0 Å². The molecular weight excluding hydrogens is 312 g/mol. The molecule has 0 saturated heterocycles. The van der Waals surface area contributed by atoms with Gasteiger partial charge in [0.2, 0.25) is 0 Å². The van der Waals surface area contributed by atoms with Gasteiger partial charge >= 0.3 is 0 Å². The van der Waals surface area contributed by atoms with Crippen molar-refractivity contribution in [1.29, 1.82) is 0 Å². The fourth-order valence-corrected chi connectivity index (χ4v) is 10.1. The maximum absolute atomic E-state index is 2.77. The number of hydrogen-bond donors (Lipinski definition) is 0. The lowest BCUT2D eigenvalue weighted by Gasteiger charge is -2.72. The van der Waals surface area contributed by atoms with Crippen LogP contribution in [0.4, 0.5) is 0 Å². The van der Waals surface area contributed by atoms with Crippen LogP contribution in [0.25, 0.3) is 0 Å². The van der Waals surface area contributed by atoms with Crippen LogP contribution in [-0.4, -0.2) is 0 Å². The first-order chi connectivity index (χ1) is 12.0. The second-order valence-electron chi connectivity index (χ2n) is 12.8. The Morgan fingerprint density at radius 1 is 0.615 bits per heavy atom. The lowest BCUT2D eigenvalue weighted by atomic mass is 9.32. The molecule has 0 spiro atoms. The topological polar surface area (TPSA) is 0 Å². The molecule has 0 amide bonds. The van der Waals surface area contributed by atoms with Crippen molar-refractivity contribution >= 4 is 0 Å². The molecule has 4 rings (SSSR count). The predicted octanol–water partition coefficient (Wildman–Crippen LogP) is 8.25. The largest absolute Gasteiger partial charge is 0.0649 e. The fraction of sp³-hybridized carbons (Fsp3) is 1.00. The first kappa shape index (κ1) is 19.3. The quantitative estimate of drug-likeness (QED) is 0.442. The molecule has 0 aromatic carbocycles. The van der Waals surface area contributed by atoms with Gasteiger partial charge in [-0.05, 0) is 96.2 Å². The highest BCUT2D eigenvalue weighted by molar-refractivity contribution is 5.16. The Morgan fingerprint density at radius 3 is 1.92 bits per heavy atom. The Hall–Kier alpha value is 0. The molecule has 26 heavy (non-hydrogen) atoms. The van der Waals surface area contributed by atoms with E-state index in [0.29, 0.717) is 27.1 Å². The molecule has 0 nitrogen and oxygen atoms in total. The van der Waals surface area contributed by atoms with Crippen LogP contribution in [-0.2, 0) is 0 Å². The predicted molar refractivity (Wildman–Crippen MR) is 113 cm³/mol. The van der Waals surface area contributed by atoms with Gasteiger partial charge in [0, 0.05) is 0 Å². The summed E-state index contributed by atoms with van der Waals surface area (Å²) in [5.74, 6) is 2.89. The molecule has 0 aliphatic heterocycles. The third kappa shape index (κ3) is 2.26. The van der Waals surface area contributed by atoms with Gasteiger partial charge in [-0.1, -0.05) is 67.7 Å². The minimum Gasteiger partial charge on any atom is -0.0649 e. The summed E-state index contributed by atoms with van der Waals surface area (Å²) >= 11 is 0. The Kier molecular flexibility index (Phi) is 4.28. The monoisotopic (exact) mass is 358 g/mol. The van der Waals surface area contributed by atoms with Crippen molar-refractivity contribution in [3.8, 4) is 0 Å². The van der Waals surface area contributed by atoms with Gasteiger partial charge in [0.1, 0.15) is 0 Å². The molecule has 7 atom stereocenters. The molecular formula is C26H46. The molecule has 4 saturated carbocycles. The summed E-state index contributed by atoms with van der Waals surface area (Å²) in [7, 11) is 0. The molecule has 4 fully saturated rings. The van der Waals surface area contributed by atoms with E-state index in [-0.39, 0.29) is 0 Å². The van der Waals surface area contributed by atoms with Crippen LogP contribution >= 0.6 is 0 Å². The van der Waals surface area contributed by atoms with Crippen LogP contribution in [0.5, 0.6) is 0 Å². The highest BCUT2D eigenvalue weighted by Crippen LogP contribution is 2.75. The zero-order chi connectivity index (χ0) is 19.0. The summed E-state index contributed by atoms with van der Waals surface area (Å²) in [5.41, 5.74) is 2.92. The minimum atomic E-state index is 0.566. The number of fused-ring (bicyclic) bond motifs is 5. The average molecular weight is 359 g/mol. The molecule has 0 heterocycles. The van der Waals surface area contributed by atoms with Crippen molar-refractivity contribution < 1.29 is 0 Å². The molecule has 0 heteroatoms. The van der Waals surface area contributed by atoms with E-state index >= 15 is 0 Å². The average Bonchev–Trinajstić information content (AvgIpc) is 2.55. The summed E-state index contributed by atoms with van der Waals surface area (Å²) in [4.78, 5) is 0. The molecule has 150 valence electrons. The van der Waals surface area contributed by atoms with Gasteiger partial charge in [0.15, 0.2) is 0 Å². The van der Waals surface area contributed by atoms with E-state index < -0.39 is 0 Å². The van der Waals surface area contributed by atoms with Gasteiger partial charge in [0.25, 0.3) is 0 Å². The Bertz CT molecular complexity index is 560. The Morgan fingerprint density at radius 2 is 1.23 bits per heavy atom. The third-order valence-electron chi connectivity index (χ3n) is 11.7. The Labute approximate surface area is 164 Å². The zero-order valence-electron chi connectivity index (χ0n) is 19.0. The van der Waals surface area contributed by atoms with Crippen LogP contribution in [0, 0.1) is 44.8 Å². The summed E-state index contributed by atoms with van der Waals surface area (Å²) < 4.78 is 0. The lowest BCUT2D eigenvalue weighted by Crippen LogP contribution is -2.65. The molecule has 0 bridgehead atoms. The maximum atomic E-state index is 2.77. The molecule has 0 aromatic rings. The summed E-state index contributed by atoms with van der Waals surface area (Å²) in [5, 5.41) is 0. The number of rotatable bonds is 1. The first-order valence-corrected chi connectivity index (χ1v) is 12.0. The summed E-state index contributed by atoms with van der Waals surface area (Å²) in [6, 6.07) is 0. The van der Waals surface area contributed by atoms with Crippen LogP contribution in [0.3, 0.4) is 0 Å². The Balaban J connectivity index is 1.76. The third-order valence-corrected chi connectivity index (χ3v) is 11.7. The van der Waals surface area contributed by atoms with Crippen LogP contribution in [0.15, 0.2) is 0 Å². The first-order valence-electron chi connectivity index (χ1n) is 12.0. The second kappa shape index (κ2) is 5.76. The van der Waals surface area contributed by atoms with Crippen molar-refractivity contribution in [3.63, 3.8) is 0 Å². The van der Waals surface area contributed by atoms with E-state index in [1.165, 1.54) is 70.6 Å². The smallest absolute Gasteiger partial charge is 0.0235 e. The highest BCUT2D eigenvalue weighted by Gasteiger charge is 2.67. The number of hydrogen-bond acceptors (Lipinski definition) is 0. The zero-order valence-corrected chi connectivity index (χ0v) is 19.0. The summed E-state index contributed by atoms with van der Waals surface area (Å²) in [6.07, 6.45) is 16.3. The van der Waals surface area contributed by atoms with E-state index in [0.717, 1.165) is 17.8 Å². The van der Waals surface area contributed by atoms with Gasteiger partial charge in [-0.2, -0.15) is 0 Å². The van der Waals surface area contributed by atoms with Crippen LogP contribution < -0.4 is 0 Å². The second-order valence-corrected chi connectivity index (χ2v) is 12.8. The van der Waals surface area contributed by atoms with Gasteiger partial charge in [-0.3, -0.25) is 0 Å². The van der Waals surface area contributed by atoms with Crippen LogP contribution in [0.1, 0.15) is 119 Å². The van der Waals surface area contributed by atoms with Crippen molar-refractivity contribution in [2.75, 3.05) is 0 Å². The maximum Gasteiger partial charge on any atom is -0.0235 e. The summed E-state index contributed by atoms with van der Waals surface area (Å²) in [6.45, 7) is 18.6. The lowest BCUT2D eigenvalue weighted by molar-refractivity contribution is -0.234. The van der Waals surface area contributed by atoms with E-state index in [9.17, 15) is 0 Å². The van der Waals surface area contributed by atoms with E-state index in [4.69, 9.17) is 0 Å². The highest BCUT2D eigenvalue weighted by atomic mass is 14.7. The molecule has 0 radical (unpaired) electrons.